The van der Waals surface area contributed by atoms with Gasteiger partial charge in [0.2, 0.25) is 11.8 Å². The van der Waals surface area contributed by atoms with Crippen molar-refractivity contribution in [2.45, 2.75) is 64.7 Å². The maximum Gasteiger partial charge on any atom is 0.347 e. The number of methoxy groups -OCH3 is 1. The highest BCUT2D eigenvalue weighted by atomic mass is 35.5. The summed E-state index contributed by atoms with van der Waals surface area (Å²) in [6, 6.07) is 13.9. The summed E-state index contributed by atoms with van der Waals surface area (Å²) in [5, 5.41) is 5.79. The molecule has 236 valence electrons. The zero-order valence-corrected chi connectivity index (χ0v) is 26.3. The number of hydrogen-bond acceptors (Lipinski definition) is 7. The molecule has 1 aliphatic heterocycles. The van der Waals surface area contributed by atoms with Crippen molar-refractivity contribution in [2.75, 3.05) is 13.7 Å². The quantitative estimate of drug-likeness (QED) is 0.394. The minimum absolute atomic E-state index is 0.0450. The van der Waals surface area contributed by atoms with Crippen LogP contribution in [0.2, 0.25) is 5.02 Å². The Morgan fingerprint density at radius 3 is 2.48 bits per heavy atom. The normalized spacial score (nSPS) is 22.1. The fourth-order valence-electron chi connectivity index (χ4n) is 4.61. The molecule has 0 saturated heterocycles. The van der Waals surface area contributed by atoms with E-state index in [4.69, 9.17) is 25.8 Å². The highest BCUT2D eigenvalue weighted by Gasteiger charge is 2.30. The van der Waals surface area contributed by atoms with Crippen LogP contribution in [0.3, 0.4) is 0 Å². The number of carbonyl (C=O) groups excluding carboxylic acids is 4. The molecule has 0 spiro atoms. The van der Waals surface area contributed by atoms with Crippen molar-refractivity contribution in [3.63, 3.8) is 0 Å². The molecule has 0 saturated carbocycles. The van der Waals surface area contributed by atoms with E-state index in [1.165, 1.54) is 13.2 Å². The molecule has 2 N–H and O–H groups in total. The van der Waals surface area contributed by atoms with E-state index >= 15 is 0 Å². The lowest BCUT2D eigenvalue weighted by Gasteiger charge is -2.25. The summed E-state index contributed by atoms with van der Waals surface area (Å²) in [5.41, 5.74) is 1.69. The number of amides is 2. The van der Waals surface area contributed by atoms with Crippen LogP contribution < -0.4 is 15.4 Å². The van der Waals surface area contributed by atoms with Crippen molar-refractivity contribution in [2.24, 2.45) is 11.8 Å². The number of nitrogens with one attached hydrogen (secondary N) is 2. The van der Waals surface area contributed by atoms with Crippen LogP contribution in [-0.2, 0) is 35.1 Å². The Balaban J connectivity index is 1.86. The van der Waals surface area contributed by atoms with Gasteiger partial charge in [-0.25, -0.2) is 4.79 Å². The van der Waals surface area contributed by atoms with E-state index in [9.17, 15) is 19.2 Å². The van der Waals surface area contributed by atoms with Crippen LogP contribution >= 0.6 is 11.6 Å². The number of esters is 2. The lowest BCUT2D eigenvalue weighted by Crippen LogP contribution is -2.48. The molecule has 44 heavy (non-hydrogen) atoms. The highest BCUT2D eigenvalue weighted by Crippen LogP contribution is 2.25. The van der Waals surface area contributed by atoms with E-state index < -0.39 is 42.0 Å². The standard InChI is InChI=1S/C34H41ClN2O7/c1-22(2)19-30-34(41)44-28(23(3)13-14-24-9-6-5-7-10-24)11-8-12-31(38)37-27(33(40)36-18-17-32(39)43-30)21-25-15-16-29(42-4)26(35)20-25/h5-10,12-16,20,22-23,27-28,30H,11,17-19,21H2,1-4H3,(H,36,40)(H,37,38)/b12-8+,14-13+. The second-order valence-electron chi connectivity index (χ2n) is 11.1. The van der Waals surface area contributed by atoms with Gasteiger partial charge in [0.15, 0.2) is 6.10 Å². The number of hydrogen-bond donors (Lipinski definition) is 2. The molecular weight excluding hydrogens is 584 g/mol. The first kappa shape index (κ1) is 34.4. The molecule has 10 heteroatoms. The lowest BCUT2D eigenvalue weighted by atomic mass is 9.99. The molecule has 0 fully saturated rings. The monoisotopic (exact) mass is 624 g/mol. The summed E-state index contributed by atoms with van der Waals surface area (Å²) in [4.78, 5) is 52.0. The molecular formula is C34H41ClN2O7. The Morgan fingerprint density at radius 1 is 1.05 bits per heavy atom. The summed E-state index contributed by atoms with van der Waals surface area (Å²) < 4.78 is 16.6. The summed E-state index contributed by atoms with van der Waals surface area (Å²) >= 11 is 6.27. The van der Waals surface area contributed by atoms with Crippen LogP contribution in [0.1, 0.15) is 51.2 Å². The topological polar surface area (TPSA) is 120 Å². The molecule has 3 rings (SSSR count). The number of rotatable bonds is 8. The summed E-state index contributed by atoms with van der Waals surface area (Å²) in [6.07, 6.45) is 5.54. The molecule has 4 unspecified atom stereocenters. The molecule has 0 aromatic heterocycles. The molecule has 2 amide bonds. The third kappa shape index (κ3) is 11.2. The highest BCUT2D eigenvalue weighted by molar-refractivity contribution is 6.32. The Labute approximate surface area is 264 Å². The SMILES string of the molecule is COc1ccc(CC2NC(=O)/C=C/CC(C(C)/C=C/c3ccccc3)OC(=O)C(CC(C)C)OC(=O)CCNC2=O)cc1Cl. The van der Waals surface area contributed by atoms with Crippen molar-refractivity contribution in [3.05, 3.63) is 82.9 Å². The molecule has 4 atom stereocenters. The van der Waals surface area contributed by atoms with Gasteiger partial charge in [-0.3, -0.25) is 14.4 Å². The van der Waals surface area contributed by atoms with Crippen LogP contribution in [-0.4, -0.2) is 55.7 Å². The maximum atomic E-state index is 13.3. The first-order chi connectivity index (χ1) is 21.0. The molecule has 0 bridgehead atoms. The lowest BCUT2D eigenvalue weighted by molar-refractivity contribution is -0.173. The summed E-state index contributed by atoms with van der Waals surface area (Å²) in [7, 11) is 1.50. The minimum atomic E-state index is -1.10. The van der Waals surface area contributed by atoms with Crippen molar-refractivity contribution in [1.82, 2.24) is 10.6 Å². The summed E-state index contributed by atoms with van der Waals surface area (Å²) in [6.45, 7) is 5.70. The predicted octanol–water partition coefficient (Wildman–Crippen LogP) is 5.06. The van der Waals surface area contributed by atoms with E-state index in [2.05, 4.69) is 10.6 Å². The van der Waals surface area contributed by atoms with Gasteiger partial charge in [0, 0.05) is 25.3 Å². The van der Waals surface area contributed by atoms with Gasteiger partial charge in [-0.1, -0.05) is 87.0 Å². The van der Waals surface area contributed by atoms with E-state index in [1.807, 2.05) is 63.3 Å². The van der Waals surface area contributed by atoms with Crippen LogP contribution in [0.15, 0.2) is 66.8 Å². The number of benzene rings is 2. The fraction of sp³-hybridized carbons (Fsp3) is 0.412. The van der Waals surface area contributed by atoms with Gasteiger partial charge in [-0.15, -0.1) is 0 Å². The van der Waals surface area contributed by atoms with Crippen LogP contribution in [0.4, 0.5) is 0 Å². The Bertz CT molecular complexity index is 1340. The maximum absolute atomic E-state index is 13.3. The van der Waals surface area contributed by atoms with Gasteiger partial charge >= 0.3 is 11.9 Å². The Morgan fingerprint density at radius 2 is 1.80 bits per heavy atom. The van der Waals surface area contributed by atoms with E-state index in [1.54, 1.807) is 24.3 Å². The Kier molecular flexibility index (Phi) is 13.5. The average molecular weight is 625 g/mol. The number of ether oxygens (including phenoxy) is 3. The second-order valence-corrected chi connectivity index (χ2v) is 11.5. The predicted molar refractivity (Wildman–Crippen MR) is 169 cm³/mol. The molecule has 0 radical (unpaired) electrons. The van der Waals surface area contributed by atoms with E-state index in [0.717, 1.165) is 5.56 Å². The molecule has 2 aromatic rings. The number of halogens is 1. The van der Waals surface area contributed by atoms with E-state index in [-0.39, 0.29) is 44.1 Å². The molecule has 2 aromatic carbocycles. The largest absolute Gasteiger partial charge is 0.495 e. The van der Waals surface area contributed by atoms with E-state index in [0.29, 0.717) is 16.3 Å². The van der Waals surface area contributed by atoms with Crippen molar-refractivity contribution in [3.8, 4) is 5.75 Å². The molecule has 1 aliphatic rings. The summed E-state index contributed by atoms with van der Waals surface area (Å²) in [5.74, 6) is -1.96. The zero-order valence-electron chi connectivity index (χ0n) is 25.6. The van der Waals surface area contributed by atoms with Crippen LogP contribution in [0, 0.1) is 11.8 Å². The van der Waals surface area contributed by atoms with Crippen molar-refractivity contribution >= 4 is 41.4 Å². The molecule has 1 heterocycles. The van der Waals surface area contributed by atoms with Crippen molar-refractivity contribution < 1.29 is 33.4 Å². The molecule has 0 aliphatic carbocycles. The van der Waals surface area contributed by atoms with Gasteiger partial charge in [-0.05, 0) is 41.7 Å². The zero-order chi connectivity index (χ0) is 32.1. The minimum Gasteiger partial charge on any atom is -0.495 e. The van der Waals surface area contributed by atoms with Crippen LogP contribution in [0.25, 0.3) is 6.08 Å². The third-order valence-electron chi connectivity index (χ3n) is 7.02. The van der Waals surface area contributed by atoms with Gasteiger partial charge in [-0.2, -0.15) is 0 Å². The first-order valence-corrected chi connectivity index (χ1v) is 15.1. The average Bonchev–Trinajstić information content (AvgIpc) is 2.98. The first-order valence-electron chi connectivity index (χ1n) is 14.8. The van der Waals surface area contributed by atoms with Crippen LogP contribution in [0.5, 0.6) is 5.75 Å². The Hall–Kier alpha value is -4.11. The van der Waals surface area contributed by atoms with Gasteiger partial charge in [0.05, 0.1) is 18.6 Å². The number of cyclic esters (lactones) is 2. The fourth-order valence-corrected chi connectivity index (χ4v) is 4.89. The van der Waals surface area contributed by atoms with Gasteiger partial charge < -0.3 is 24.8 Å². The number of carbonyl (C=O) groups is 4. The second kappa shape index (κ2) is 17.3. The third-order valence-corrected chi connectivity index (χ3v) is 7.32. The van der Waals surface area contributed by atoms with Gasteiger partial charge in [0.1, 0.15) is 17.9 Å². The van der Waals surface area contributed by atoms with Crippen molar-refractivity contribution in [1.29, 1.82) is 0 Å². The van der Waals surface area contributed by atoms with Gasteiger partial charge in [0.25, 0.3) is 0 Å². The molecule has 9 nitrogen and oxygen atoms in total. The smallest absolute Gasteiger partial charge is 0.347 e.